The van der Waals surface area contributed by atoms with Crippen molar-refractivity contribution in [3.8, 4) is 5.88 Å². The lowest BCUT2D eigenvalue weighted by molar-refractivity contribution is 0.182. The van der Waals surface area contributed by atoms with Crippen LogP contribution in [0.3, 0.4) is 0 Å². The summed E-state index contributed by atoms with van der Waals surface area (Å²) in [5.74, 6) is 2.32. The normalized spacial score (nSPS) is 33.9. The molecule has 0 aromatic carbocycles. The van der Waals surface area contributed by atoms with Crippen LogP contribution in [-0.4, -0.2) is 41.1 Å². The van der Waals surface area contributed by atoms with Crippen LogP contribution in [0.2, 0.25) is 0 Å². The summed E-state index contributed by atoms with van der Waals surface area (Å²) in [6.45, 7) is 2.45. The Labute approximate surface area is 95.7 Å². The van der Waals surface area contributed by atoms with Gasteiger partial charge in [-0.05, 0) is 31.7 Å². The highest BCUT2D eigenvalue weighted by atomic mass is 16.5. The maximum atomic E-state index is 5.85. The van der Waals surface area contributed by atoms with Gasteiger partial charge in [0, 0.05) is 25.5 Å². The molecule has 0 bridgehead atoms. The predicted octanol–water partition coefficient (Wildman–Crippen LogP) is 1.20. The van der Waals surface area contributed by atoms with Gasteiger partial charge in [0.15, 0.2) is 0 Å². The van der Waals surface area contributed by atoms with Crippen LogP contribution in [0.5, 0.6) is 5.88 Å². The van der Waals surface area contributed by atoms with E-state index in [9.17, 15) is 0 Å². The molecule has 16 heavy (non-hydrogen) atoms. The molecule has 2 heterocycles. The van der Waals surface area contributed by atoms with Crippen LogP contribution in [0.15, 0.2) is 18.6 Å². The van der Waals surface area contributed by atoms with E-state index in [2.05, 4.69) is 21.9 Å². The van der Waals surface area contributed by atoms with Gasteiger partial charge < -0.3 is 9.64 Å². The molecule has 1 unspecified atom stereocenters. The predicted molar refractivity (Wildman–Crippen MR) is 60.2 cm³/mol. The van der Waals surface area contributed by atoms with E-state index >= 15 is 0 Å². The first-order valence-corrected chi connectivity index (χ1v) is 5.92. The molecule has 1 saturated heterocycles. The molecule has 1 aromatic heterocycles. The highest BCUT2D eigenvalue weighted by Crippen LogP contribution is 2.38. The van der Waals surface area contributed by atoms with Crippen LogP contribution in [0.4, 0.5) is 0 Å². The standard InChI is InChI=1S/C12H17N3O/c1-15-7-9-4-11(5-10(9)8-15)16-12-6-13-2-3-14-12/h2-3,6,9-11H,4-5,7-8H2,1H3/t9-,10+,11?. The van der Waals surface area contributed by atoms with Gasteiger partial charge in [0.05, 0.1) is 6.20 Å². The van der Waals surface area contributed by atoms with Gasteiger partial charge in [0.2, 0.25) is 5.88 Å². The number of hydrogen-bond acceptors (Lipinski definition) is 4. The SMILES string of the molecule is CN1C[C@H]2CC(Oc3cnccn3)C[C@H]2C1. The fraction of sp³-hybridized carbons (Fsp3) is 0.667. The first-order chi connectivity index (χ1) is 7.81. The van der Waals surface area contributed by atoms with Crippen LogP contribution in [-0.2, 0) is 0 Å². The molecule has 2 aliphatic rings. The van der Waals surface area contributed by atoms with Crippen LogP contribution < -0.4 is 4.74 Å². The average molecular weight is 219 g/mol. The molecule has 0 amide bonds. The largest absolute Gasteiger partial charge is 0.473 e. The van der Waals surface area contributed by atoms with Crippen LogP contribution in [0, 0.1) is 11.8 Å². The summed E-state index contributed by atoms with van der Waals surface area (Å²) in [6, 6.07) is 0. The molecular formula is C12H17N3O. The second-order valence-electron chi connectivity index (χ2n) is 5.00. The molecule has 1 aliphatic heterocycles. The van der Waals surface area contributed by atoms with Crippen molar-refractivity contribution in [2.75, 3.05) is 20.1 Å². The van der Waals surface area contributed by atoms with Gasteiger partial charge in [-0.2, -0.15) is 0 Å². The third kappa shape index (κ3) is 1.89. The molecule has 0 N–H and O–H groups in total. The summed E-state index contributed by atoms with van der Waals surface area (Å²) in [4.78, 5) is 10.6. The van der Waals surface area contributed by atoms with Gasteiger partial charge in [-0.25, -0.2) is 4.98 Å². The molecule has 1 saturated carbocycles. The van der Waals surface area contributed by atoms with Crippen LogP contribution in [0.25, 0.3) is 0 Å². The molecule has 3 atom stereocenters. The number of ether oxygens (including phenoxy) is 1. The number of fused-ring (bicyclic) bond motifs is 1. The maximum Gasteiger partial charge on any atom is 0.232 e. The van der Waals surface area contributed by atoms with Crippen molar-refractivity contribution < 1.29 is 4.74 Å². The number of aromatic nitrogens is 2. The molecule has 2 fully saturated rings. The molecule has 4 heteroatoms. The lowest BCUT2D eigenvalue weighted by Crippen LogP contribution is -2.20. The minimum atomic E-state index is 0.348. The van der Waals surface area contributed by atoms with Gasteiger partial charge in [0.1, 0.15) is 6.10 Å². The lowest BCUT2D eigenvalue weighted by Gasteiger charge is -2.15. The van der Waals surface area contributed by atoms with Gasteiger partial charge in [-0.1, -0.05) is 0 Å². The Hall–Kier alpha value is -1.16. The van der Waals surface area contributed by atoms with E-state index in [0.29, 0.717) is 12.0 Å². The summed E-state index contributed by atoms with van der Waals surface area (Å²) in [6.07, 6.45) is 7.74. The fourth-order valence-corrected chi connectivity index (χ4v) is 3.09. The number of nitrogens with zero attached hydrogens (tertiary/aromatic N) is 3. The maximum absolute atomic E-state index is 5.85. The topological polar surface area (TPSA) is 38.2 Å². The highest BCUT2D eigenvalue weighted by Gasteiger charge is 2.40. The van der Waals surface area contributed by atoms with E-state index in [1.165, 1.54) is 25.9 Å². The van der Waals surface area contributed by atoms with Gasteiger partial charge in [-0.3, -0.25) is 4.98 Å². The number of likely N-dealkylation sites (tertiary alicyclic amines) is 1. The Bertz CT molecular complexity index is 343. The minimum Gasteiger partial charge on any atom is -0.473 e. The Kier molecular flexibility index (Phi) is 2.52. The number of hydrogen-bond donors (Lipinski definition) is 0. The lowest BCUT2D eigenvalue weighted by atomic mass is 10.0. The molecule has 1 aromatic rings. The molecule has 0 radical (unpaired) electrons. The Morgan fingerprint density at radius 2 is 2.00 bits per heavy atom. The Balaban J connectivity index is 1.60. The van der Waals surface area contributed by atoms with Crippen molar-refractivity contribution in [3.63, 3.8) is 0 Å². The first kappa shape index (κ1) is 10.0. The van der Waals surface area contributed by atoms with Gasteiger partial charge in [-0.15, -0.1) is 0 Å². The average Bonchev–Trinajstić information content (AvgIpc) is 2.76. The molecule has 86 valence electrons. The summed E-state index contributed by atoms with van der Waals surface area (Å²) in [7, 11) is 2.21. The summed E-state index contributed by atoms with van der Waals surface area (Å²) < 4.78 is 5.85. The van der Waals surface area contributed by atoms with E-state index in [4.69, 9.17) is 4.74 Å². The molecule has 3 rings (SSSR count). The van der Waals surface area contributed by atoms with E-state index < -0.39 is 0 Å². The first-order valence-electron chi connectivity index (χ1n) is 5.92. The van der Waals surface area contributed by atoms with Gasteiger partial charge in [0.25, 0.3) is 0 Å². The van der Waals surface area contributed by atoms with Crippen molar-refractivity contribution in [1.29, 1.82) is 0 Å². The summed E-state index contributed by atoms with van der Waals surface area (Å²) >= 11 is 0. The zero-order valence-electron chi connectivity index (χ0n) is 9.54. The summed E-state index contributed by atoms with van der Waals surface area (Å²) in [5, 5.41) is 0. The minimum absolute atomic E-state index is 0.348. The molecular weight excluding hydrogens is 202 g/mol. The molecule has 1 aliphatic carbocycles. The highest BCUT2D eigenvalue weighted by molar-refractivity contribution is 5.04. The van der Waals surface area contributed by atoms with Crippen molar-refractivity contribution in [2.24, 2.45) is 11.8 Å². The van der Waals surface area contributed by atoms with Gasteiger partial charge >= 0.3 is 0 Å². The van der Waals surface area contributed by atoms with Crippen LogP contribution in [0.1, 0.15) is 12.8 Å². The Morgan fingerprint density at radius 3 is 2.62 bits per heavy atom. The zero-order chi connectivity index (χ0) is 11.0. The van der Waals surface area contributed by atoms with E-state index in [1.54, 1.807) is 18.6 Å². The van der Waals surface area contributed by atoms with E-state index in [-0.39, 0.29) is 0 Å². The molecule has 0 spiro atoms. The second-order valence-corrected chi connectivity index (χ2v) is 5.00. The van der Waals surface area contributed by atoms with Crippen molar-refractivity contribution >= 4 is 0 Å². The quantitative estimate of drug-likeness (QED) is 0.749. The monoisotopic (exact) mass is 219 g/mol. The van der Waals surface area contributed by atoms with Crippen molar-refractivity contribution in [3.05, 3.63) is 18.6 Å². The zero-order valence-corrected chi connectivity index (χ0v) is 9.54. The van der Waals surface area contributed by atoms with Crippen molar-refractivity contribution in [1.82, 2.24) is 14.9 Å². The third-order valence-corrected chi connectivity index (χ3v) is 3.72. The van der Waals surface area contributed by atoms with E-state index in [0.717, 1.165) is 11.8 Å². The Morgan fingerprint density at radius 1 is 1.25 bits per heavy atom. The van der Waals surface area contributed by atoms with E-state index in [1.807, 2.05) is 0 Å². The fourth-order valence-electron chi connectivity index (χ4n) is 3.09. The second kappa shape index (κ2) is 4.01. The third-order valence-electron chi connectivity index (χ3n) is 3.72. The van der Waals surface area contributed by atoms with Crippen LogP contribution >= 0.6 is 0 Å². The smallest absolute Gasteiger partial charge is 0.232 e. The summed E-state index contributed by atoms with van der Waals surface area (Å²) in [5.41, 5.74) is 0. The number of rotatable bonds is 2. The molecule has 4 nitrogen and oxygen atoms in total. The van der Waals surface area contributed by atoms with Crippen molar-refractivity contribution in [2.45, 2.75) is 18.9 Å².